The van der Waals surface area contributed by atoms with Crippen LogP contribution >= 0.6 is 0 Å². The Kier molecular flexibility index (Phi) is 6.60. The van der Waals surface area contributed by atoms with Crippen molar-refractivity contribution in [1.82, 2.24) is 15.4 Å². The number of esters is 1. The van der Waals surface area contributed by atoms with Crippen molar-refractivity contribution < 1.29 is 19.0 Å². The van der Waals surface area contributed by atoms with Gasteiger partial charge in [-0.2, -0.15) is 10.3 Å². The highest BCUT2D eigenvalue weighted by Crippen LogP contribution is 2.33. The van der Waals surface area contributed by atoms with Gasteiger partial charge in [0.1, 0.15) is 5.69 Å². The van der Waals surface area contributed by atoms with Crippen molar-refractivity contribution in [2.45, 2.75) is 33.1 Å². The average Bonchev–Trinajstić information content (AvgIpc) is 3.09. The zero-order chi connectivity index (χ0) is 17.4. The first-order valence-corrected chi connectivity index (χ1v) is 8.10. The minimum Gasteiger partial charge on any atom is -0.493 e. The summed E-state index contributed by atoms with van der Waals surface area (Å²) in [6.45, 7) is 4.81. The van der Waals surface area contributed by atoms with Crippen molar-refractivity contribution in [3.05, 3.63) is 23.9 Å². The molecule has 7 heteroatoms. The van der Waals surface area contributed by atoms with Gasteiger partial charge in [-0.05, 0) is 31.5 Å². The number of rotatable bonds is 9. The van der Waals surface area contributed by atoms with Crippen molar-refractivity contribution in [3.8, 4) is 22.8 Å². The molecule has 0 spiro atoms. The van der Waals surface area contributed by atoms with Crippen LogP contribution in [0.25, 0.3) is 11.3 Å². The quantitative estimate of drug-likeness (QED) is 0.560. The highest BCUT2D eigenvalue weighted by Gasteiger charge is 2.20. The number of nitrogens with one attached hydrogen (secondary N) is 1. The van der Waals surface area contributed by atoms with Crippen molar-refractivity contribution in [2.24, 2.45) is 0 Å². The number of H-pyrrole nitrogens is 1. The Morgan fingerprint density at radius 1 is 1.17 bits per heavy atom. The lowest BCUT2D eigenvalue weighted by atomic mass is 10.1. The summed E-state index contributed by atoms with van der Waals surface area (Å²) in [5, 5.41) is 10.4. The van der Waals surface area contributed by atoms with E-state index in [4.69, 9.17) is 14.2 Å². The second-order valence-electron chi connectivity index (χ2n) is 5.16. The number of hydrogen-bond donors (Lipinski definition) is 1. The third-order valence-corrected chi connectivity index (χ3v) is 3.46. The van der Waals surface area contributed by atoms with Gasteiger partial charge >= 0.3 is 5.97 Å². The molecule has 0 saturated heterocycles. The maximum absolute atomic E-state index is 11.9. The van der Waals surface area contributed by atoms with Gasteiger partial charge < -0.3 is 14.2 Å². The molecule has 0 unspecified atom stereocenters. The van der Waals surface area contributed by atoms with E-state index < -0.39 is 5.97 Å². The van der Waals surface area contributed by atoms with E-state index in [-0.39, 0.29) is 12.3 Å². The lowest BCUT2D eigenvalue weighted by Crippen LogP contribution is -2.07. The van der Waals surface area contributed by atoms with Gasteiger partial charge in [0.15, 0.2) is 17.2 Å². The molecule has 0 aliphatic rings. The van der Waals surface area contributed by atoms with Crippen molar-refractivity contribution in [1.29, 1.82) is 0 Å². The molecule has 2 rings (SSSR count). The molecule has 130 valence electrons. The minimum atomic E-state index is -0.514. The van der Waals surface area contributed by atoms with Crippen molar-refractivity contribution in [3.63, 3.8) is 0 Å². The van der Waals surface area contributed by atoms with Gasteiger partial charge in [0, 0.05) is 5.56 Å². The van der Waals surface area contributed by atoms with Crippen LogP contribution in [0.4, 0.5) is 0 Å². The van der Waals surface area contributed by atoms with E-state index >= 15 is 0 Å². The molecule has 0 bridgehead atoms. The number of nitrogens with zero attached hydrogens (tertiary/aromatic N) is 2. The molecule has 1 aromatic heterocycles. The van der Waals surface area contributed by atoms with Crippen LogP contribution in [0.2, 0.25) is 0 Å². The van der Waals surface area contributed by atoms with Crippen LogP contribution < -0.4 is 9.47 Å². The summed E-state index contributed by atoms with van der Waals surface area (Å²) < 4.78 is 16.1. The summed E-state index contributed by atoms with van der Waals surface area (Å²) in [6, 6.07) is 5.40. The van der Waals surface area contributed by atoms with Gasteiger partial charge in [0.2, 0.25) is 0 Å². The first kappa shape index (κ1) is 17.8. The Morgan fingerprint density at radius 3 is 2.71 bits per heavy atom. The number of unbranched alkanes of at least 4 members (excludes halogenated alkanes) is 2. The van der Waals surface area contributed by atoms with E-state index in [2.05, 4.69) is 22.3 Å². The summed E-state index contributed by atoms with van der Waals surface area (Å²) in [7, 11) is 1.58. The van der Waals surface area contributed by atoms with Crippen LogP contribution in [0.5, 0.6) is 11.5 Å². The van der Waals surface area contributed by atoms with Gasteiger partial charge in [-0.3, -0.25) is 0 Å². The summed E-state index contributed by atoms with van der Waals surface area (Å²) in [6.07, 6.45) is 3.27. The van der Waals surface area contributed by atoms with Crippen LogP contribution in [0.3, 0.4) is 0 Å². The zero-order valence-corrected chi connectivity index (χ0v) is 14.3. The summed E-state index contributed by atoms with van der Waals surface area (Å²) in [5.74, 6) is 0.737. The Labute approximate surface area is 141 Å². The Balaban J connectivity index is 2.20. The number of hydrogen-bond acceptors (Lipinski definition) is 6. The average molecular weight is 333 g/mol. The molecule has 0 amide bonds. The molecule has 1 N–H and O–H groups in total. The van der Waals surface area contributed by atoms with E-state index in [1.807, 2.05) is 12.1 Å². The molecule has 0 atom stereocenters. The van der Waals surface area contributed by atoms with E-state index in [1.165, 1.54) is 0 Å². The van der Waals surface area contributed by atoms with Crippen molar-refractivity contribution in [2.75, 3.05) is 20.3 Å². The highest BCUT2D eigenvalue weighted by molar-refractivity contribution is 5.94. The van der Waals surface area contributed by atoms with E-state index in [1.54, 1.807) is 20.1 Å². The number of benzene rings is 1. The van der Waals surface area contributed by atoms with Gasteiger partial charge in [-0.15, -0.1) is 5.10 Å². The molecule has 24 heavy (non-hydrogen) atoms. The van der Waals surface area contributed by atoms with Gasteiger partial charge in [0.05, 0.1) is 20.3 Å². The molecular formula is C17H23N3O4. The number of carbonyl (C=O) groups is 1. The molecule has 1 aromatic carbocycles. The van der Waals surface area contributed by atoms with E-state index in [0.717, 1.165) is 19.3 Å². The SMILES string of the molecule is CCCCCOc1ccc(-c2n[nH]nc2C(=O)OCC)cc1OC. The fourth-order valence-corrected chi connectivity index (χ4v) is 2.24. The monoisotopic (exact) mass is 333 g/mol. The summed E-state index contributed by atoms with van der Waals surface area (Å²) in [5.41, 5.74) is 1.27. The molecule has 2 aromatic rings. The summed E-state index contributed by atoms with van der Waals surface area (Å²) in [4.78, 5) is 11.9. The van der Waals surface area contributed by atoms with Crippen LogP contribution in [0.1, 0.15) is 43.6 Å². The highest BCUT2D eigenvalue weighted by atomic mass is 16.5. The number of methoxy groups -OCH3 is 1. The Morgan fingerprint density at radius 2 is 2.00 bits per heavy atom. The summed E-state index contributed by atoms with van der Waals surface area (Å²) >= 11 is 0. The molecule has 0 saturated carbocycles. The maximum Gasteiger partial charge on any atom is 0.361 e. The number of carbonyl (C=O) groups excluding carboxylic acids is 1. The second-order valence-corrected chi connectivity index (χ2v) is 5.16. The minimum absolute atomic E-state index is 0.149. The van der Waals surface area contributed by atoms with Crippen molar-refractivity contribution >= 4 is 5.97 Å². The number of aromatic amines is 1. The Bertz CT molecular complexity index is 670. The zero-order valence-electron chi connectivity index (χ0n) is 14.3. The van der Waals surface area contributed by atoms with Gasteiger partial charge in [0.25, 0.3) is 0 Å². The fourth-order valence-electron chi connectivity index (χ4n) is 2.24. The fraction of sp³-hybridized carbons (Fsp3) is 0.471. The van der Waals surface area contributed by atoms with Crippen LogP contribution in [0, 0.1) is 0 Å². The first-order valence-electron chi connectivity index (χ1n) is 8.10. The van der Waals surface area contributed by atoms with Crippen LogP contribution in [-0.4, -0.2) is 41.7 Å². The standard InChI is InChI=1S/C17H23N3O4/c1-4-6-7-10-24-13-9-8-12(11-14(13)22-3)15-16(19-20-18-15)17(21)23-5-2/h8-9,11H,4-7,10H2,1-3H3,(H,18,19,20). The lowest BCUT2D eigenvalue weighted by molar-refractivity contribution is 0.0520. The topological polar surface area (TPSA) is 86.3 Å². The molecule has 0 aliphatic carbocycles. The van der Waals surface area contributed by atoms with Gasteiger partial charge in [-0.25, -0.2) is 4.79 Å². The number of ether oxygens (including phenoxy) is 3. The smallest absolute Gasteiger partial charge is 0.361 e. The van der Waals surface area contributed by atoms with Gasteiger partial charge in [-0.1, -0.05) is 19.8 Å². The lowest BCUT2D eigenvalue weighted by Gasteiger charge is -2.11. The molecule has 7 nitrogen and oxygen atoms in total. The molecule has 0 radical (unpaired) electrons. The third kappa shape index (κ3) is 4.24. The molecular weight excluding hydrogens is 310 g/mol. The van der Waals surface area contributed by atoms with Crippen LogP contribution in [-0.2, 0) is 4.74 Å². The predicted molar refractivity (Wildman–Crippen MR) is 89.3 cm³/mol. The molecule has 0 aliphatic heterocycles. The third-order valence-electron chi connectivity index (χ3n) is 3.46. The van der Waals surface area contributed by atoms with E-state index in [0.29, 0.717) is 29.4 Å². The molecule has 1 heterocycles. The molecule has 0 fully saturated rings. The normalized spacial score (nSPS) is 10.5. The first-order chi connectivity index (χ1) is 11.7. The maximum atomic E-state index is 11.9. The second kappa shape index (κ2) is 8.90. The van der Waals surface area contributed by atoms with Crippen LogP contribution in [0.15, 0.2) is 18.2 Å². The number of aromatic nitrogens is 3. The van der Waals surface area contributed by atoms with E-state index in [9.17, 15) is 4.79 Å². The largest absolute Gasteiger partial charge is 0.493 e. The Hall–Kier alpha value is -2.57. The predicted octanol–water partition coefficient (Wildman–Crippen LogP) is 3.23.